The number of methoxy groups -OCH3 is 1. The average Bonchev–Trinajstić information content (AvgIpc) is 3.24. The molecular weight excluding hydrogens is 252 g/mol. The fourth-order valence-electron chi connectivity index (χ4n) is 2.92. The number of aromatic nitrogens is 2. The molecule has 0 bridgehead atoms. The van der Waals surface area contributed by atoms with Gasteiger partial charge >= 0.3 is 0 Å². The first-order valence-electron chi connectivity index (χ1n) is 7.76. The molecule has 1 saturated carbocycles. The Morgan fingerprint density at radius 2 is 2.25 bits per heavy atom. The fraction of sp³-hybridized carbons (Fsp3) is 0.800. The molecule has 0 spiro atoms. The number of nitrogens with zero attached hydrogens (tertiary/aromatic N) is 3. The molecule has 1 aromatic rings. The number of imidazole rings is 1. The van der Waals surface area contributed by atoms with Gasteiger partial charge in [0.2, 0.25) is 0 Å². The van der Waals surface area contributed by atoms with Crippen LogP contribution in [0.25, 0.3) is 0 Å². The zero-order valence-corrected chi connectivity index (χ0v) is 12.7. The van der Waals surface area contributed by atoms with Crippen molar-refractivity contribution in [1.29, 1.82) is 0 Å². The summed E-state index contributed by atoms with van der Waals surface area (Å²) in [6.07, 6.45) is 3.77. The molecule has 0 saturated heterocycles. The number of hydrogen-bond acceptors (Lipinski definition) is 4. The summed E-state index contributed by atoms with van der Waals surface area (Å²) in [7, 11) is 3.93. The third kappa shape index (κ3) is 3.05. The summed E-state index contributed by atoms with van der Waals surface area (Å²) < 4.78 is 7.65. The van der Waals surface area contributed by atoms with E-state index in [0.29, 0.717) is 0 Å². The lowest BCUT2D eigenvalue weighted by Crippen LogP contribution is -2.29. The fourth-order valence-corrected chi connectivity index (χ4v) is 2.92. The minimum Gasteiger partial charge on any atom is -0.383 e. The third-order valence-electron chi connectivity index (χ3n) is 4.34. The van der Waals surface area contributed by atoms with Crippen molar-refractivity contribution < 1.29 is 4.74 Å². The molecule has 1 fully saturated rings. The lowest BCUT2D eigenvalue weighted by Gasteiger charge is -2.20. The van der Waals surface area contributed by atoms with Gasteiger partial charge in [-0.05, 0) is 19.9 Å². The minimum absolute atomic E-state index is 0.727. The van der Waals surface area contributed by atoms with Crippen LogP contribution in [0.3, 0.4) is 0 Å². The maximum Gasteiger partial charge on any atom is 0.112 e. The van der Waals surface area contributed by atoms with Crippen LogP contribution in [0.4, 0.5) is 0 Å². The lowest BCUT2D eigenvalue weighted by molar-refractivity contribution is 0.159. The molecule has 1 aliphatic carbocycles. The van der Waals surface area contributed by atoms with Crippen LogP contribution in [-0.2, 0) is 24.2 Å². The molecule has 0 radical (unpaired) electrons. The van der Waals surface area contributed by atoms with Gasteiger partial charge in [-0.2, -0.15) is 0 Å². The first-order valence-corrected chi connectivity index (χ1v) is 7.76. The van der Waals surface area contributed by atoms with Crippen LogP contribution < -0.4 is 5.32 Å². The summed E-state index contributed by atoms with van der Waals surface area (Å²) in [4.78, 5) is 7.25. The van der Waals surface area contributed by atoms with Gasteiger partial charge in [0.25, 0.3) is 0 Å². The van der Waals surface area contributed by atoms with Crippen LogP contribution in [0.15, 0.2) is 0 Å². The first-order chi connectivity index (χ1) is 9.79. The predicted octanol–water partition coefficient (Wildman–Crippen LogP) is 0.984. The van der Waals surface area contributed by atoms with E-state index in [4.69, 9.17) is 9.72 Å². The standard InChI is InChI=1S/C15H26N4O/c1-18(9-10-20-2)7-8-19-14-5-6-16-11-13(14)17-15(19)12-3-4-12/h12,16H,3-11H2,1-2H3. The Balaban J connectivity index is 1.69. The topological polar surface area (TPSA) is 42.3 Å². The molecule has 112 valence electrons. The highest BCUT2D eigenvalue weighted by atomic mass is 16.5. The van der Waals surface area contributed by atoms with E-state index >= 15 is 0 Å². The Labute approximate surface area is 121 Å². The maximum atomic E-state index is 5.14. The lowest BCUT2D eigenvalue weighted by atomic mass is 10.2. The van der Waals surface area contributed by atoms with Crippen molar-refractivity contribution in [1.82, 2.24) is 19.8 Å². The van der Waals surface area contributed by atoms with Crippen LogP contribution in [0, 0.1) is 0 Å². The highest BCUT2D eigenvalue weighted by Crippen LogP contribution is 2.40. The molecule has 2 aliphatic rings. The normalized spacial score (nSPS) is 18.6. The monoisotopic (exact) mass is 278 g/mol. The van der Waals surface area contributed by atoms with Crippen LogP contribution in [0.2, 0.25) is 0 Å². The van der Waals surface area contributed by atoms with Gasteiger partial charge < -0.3 is 19.5 Å². The summed E-state index contributed by atoms with van der Waals surface area (Å²) in [6.45, 7) is 5.96. The van der Waals surface area contributed by atoms with E-state index in [9.17, 15) is 0 Å². The summed E-state index contributed by atoms with van der Waals surface area (Å²) in [6, 6.07) is 0. The van der Waals surface area contributed by atoms with Crippen molar-refractivity contribution in [2.45, 2.75) is 38.3 Å². The van der Waals surface area contributed by atoms with E-state index in [1.54, 1.807) is 7.11 Å². The number of ether oxygens (including phenoxy) is 1. The van der Waals surface area contributed by atoms with Crippen LogP contribution >= 0.6 is 0 Å². The number of fused-ring (bicyclic) bond motifs is 1. The molecule has 0 aromatic carbocycles. The van der Waals surface area contributed by atoms with Gasteiger partial charge in [-0.15, -0.1) is 0 Å². The van der Waals surface area contributed by atoms with Crippen LogP contribution in [-0.4, -0.2) is 54.8 Å². The molecular formula is C15H26N4O. The van der Waals surface area contributed by atoms with Crippen molar-refractivity contribution in [2.24, 2.45) is 0 Å². The Hall–Kier alpha value is -0.910. The van der Waals surface area contributed by atoms with E-state index in [2.05, 4.69) is 21.8 Å². The van der Waals surface area contributed by atoms with E-state index in [-0.39, 0.29) is 0 Å². The Kier molecular flexibility index (Phi) is 4.38. The molecule has 0 amide bonds. The number of hydrogen-bond donors (Lipinski definition) is 1. The van der Waals surface area contributed by atoms with E-state index in [0.717, 1.165) is 51.7 Å². The van der Waals surface area contributed by atoms with E-state index < -0.39 is 0 Å². The molecule has 1 aliphatic heterocycles. The minimum atomic E-state index is 0.727. The van der Waals surface area contributed by atoms with Gasteiger partial charge in [0.1, 0.15) is 5.82 Å². The van der Waals surface area contributed by atoms with Gasteiger partial charge in [-0.25, -0.2) is 4.98 Å². The van der Waals surface area contributed by atoms with Gasteiger partial charge in [0, 0.05) is 57.9 Å². The second-order valence-electron chi connectivity index (χ2n) is 6.01. The molecule has 1 N–H and O–H groups in total. The molecule has 2 heterocycles. The smallest absolute Gasteiger partial charge is 0.112 e. The highest BCUT2D eigenvalue weighted by molar-refractivity contribution is 5.24. The molecule has 1 aromatic heterocycles. The molecule has 0 atom stereocenters. The average molecular weight is 278 g/mol. The van der Waals surface area contributed by atoms with E-state index in [1.807, 2.05) is 0 Å². The van der Waals surface area contributed by atoms with Gasteiger partial charge in [-0.1, -0.05) is 0 Å². The second kappa shape index (κ2) is 6.24. The van der Waals surface area contributed by atoms with Gasteiger partial charge in [0.15, 0.2) is 0 Å². The Bertz CT molecular complexity index is 453. The SMILES string of the molecule is COCCN(C)CCn1c(C2CC2)nc2c1CCNC2. The molecule has 5 heteroatoms. The predicted molar refractivity (Wildman–Crippen MR) is 79.0 cm³/mol. The number of rotatable bonds is 7. The highest BCUT2D eigenvalue weighted by Gasteiger charge is 2.31. The van der Waals surface area contributed by atoms with Crippen LogP contribution in [0.5, 0.6) is 0 Å². The molecule has 0 unspecified atom stereocenters. The quantitative estimate of drug-likeness (QED) is 0.807. The van der Waals surface area contributed by atoms with Crippen LogP contribution in [0.1, 0.15) is 36.0 Å². The van der Waals surface area contributed by atoms with Crippen molar-refractivity contribution in [3.8, 4) is 0 Å². The summed E-state index contributed by atoms with van der Waals surface area (Å²) in [5.41, 5.74) is 2.77. The summed E-state index contributed by atoms with van der Waals surface area (Å²) in [5.74, 6) is 2.07. The Morgan fingerprint density at radius 1 is 1.40 bits per heavy atom. The molecule has 3 rings (SSSR count). The second-order valence-corrected chi connectivity index (χ2v) is 6.01. The summed E-state index contributed by atoms with van der Waals surface area (Å²) in [5, 5.41) is 3.43. The Morgan fingerprint density at radius 3 is 3.00 bits per heavy atom. The van der Waals surface area contributed by atoms with Crippen molar-refractivity contribution >= 4 is 0 Å². The maximum absolute atomic E-state index is 5.14. The zero-order valence-electron chi connectivity index (χ0n) is 12.7. The van der Waals surface area contributed by atoms with Crippen molar-refractivity contribution in [3.63, 3.8) is 0 Å². The van der Waals surface area contributed by atoms with Gasteiger partial charge in [0.05, 0.1) is 12.3 Å². The van der Waals surface area contributed by atoms with Crippen molar-refractivity contribution in [2.75, 3.05) is 40.4 Å². The third-order valence-corrected chi connectivity index (χ3v) is 4.34. The number of likely N-dealkylation sites (N-methyl/N-ethyl adjacent to an activating group) is 1. The molecule has 20 heavy (non-hydrogen) atoms. The summed E-state index contributed by atoms with van der Waals surface area (Å²) >= 11 is 0. The van der Waals surface area contributed by atoms with Gasteiger partial charge in [-0.3, -0.25) is 0 Å². The van der Waals surface area contributed by atoms with E-state index in [1.165, 1.54) is 30.1 Å². The largest absolute Gasteiger partial charge is 0.383 e. The molecule has 5 nitrogen and oxygen atoms in total. The number of nitrogens with one attached hydrogen (secondary N) is 1. The van der Waals surface area contributed by atoms with Crippen molar-refractivity contribution in [3.05, 3.63) is 17.2 Å². The zero-order chi connectivity index (χ0) is 13.9. The first kappa shape index (κ1) is 14.0.